The van der Waals surface area contributed by atoms with Gasteiger partial charge in [-0.1, -0.05) is 12.5 Å². The highest BCUT2D eigenvalue weighted by atomic mass is 16.5. The smallest absolute Gasteiger partial charge is 0.213 e. The summed E-state index contributed by atoms with van der Waals surface area (Å²) in [5.74, 6) is 0.621. The fraction of sp³-hybridized carbons (Fsp3) is 0.643. The van der Waals surface area contributed by atoms with Crippen LogP contribution in [-0.2, 0) is 0 Å². The molecule has 2 rings (SSSR count). The van der Waals surface area contributed by atoms with Crippen molar-refractivity contribution in [2.45, 2.75) is 50.7 Å². The molecule has 1 aromatic heterocycles. The summed E-state index contributed by atoms with van der Waals surface area (Å²) in [5, 5.41) is 9.85. The molecule has 18 heavy (non-hydrogen) atoms. The molecule has 1 aliphatic rings. The number of aliphatic hydroxyl groups excluding tert-OH is 1. The molecule has 1 aliphatic carbocycles. The van der Waals surface area contributed by atoms with E-state index in [2.05, 4.69) is 4.98 Å². The number of nitrogens with two attached hydrogens (primary N) is 1. The van der Waals surface area contributed by atoms with Gasteiger partial charge in [-0.2, -0.15) is 0 Å². The van der Waals surface area contributed by atoms with Crippen LogP contribution in [0.1, 0.15) is 50.3 Å². The normalized spacial score (nSPS) is 18.6. The van der Waals surface area contributed by atoms with Gasteiger partial charge >= 0.3 is 0 Å². The second kappa shape index (κ2) is 6.71. The van der Waals surface area contributed by atoms with Crippen LogP contribution in [0.25, 0.3) is 0 Å². The van der Waals surface area contributed by atoms with E-state index < -0.39 is 6.10 Å². The fourth-order valence-corrected chi connectivity index (χ4v) is 2.34. The first-order chi connectivity index (χ1) is 8.79. The van der Waals surface area contributed by atoms with Crippen molar-refractivity contribution >= 4 is 0 Å². The second-order valence-electron chi connectivity index (χ2n) is 4.87. The Balaban J connectivity index is 1.97. The average molecular weight is 250 g/mol. The summed E-state index contributed by atoms with van der Waals surface area (Å²) in [5.41, 5.74) is 6.08. The van der Waals surface area contributed by atoms with Gasteiger partial charge in [0, 0.05) is 6.07 Å². The maximum absolute atomic E-state index is 9.85. The van der Waals surface area contributed by atoms with Crippen molar-refractivity contribution in [2.24, 2.45) is 5.73 Å². The molecule has 0 aliphatic heterocycles. The Morgan fingerprint density at radius 2 is 2.11 bits per heavy atom. The number of rotatable bonds is 5. The third kappa shape index (κ3) is 3.68. The molecule has 1 heterocycles. The van der Waals surface area contributed by atoms with Gasteiger partial charge in [-0.3, -0.25) is 0 Å². The lowest BCUT2D eigenvalue weighted by Gasteiger charge is -2.22. The standard InChI is InChI=1S/C14H22N2O2/c15-10-9-13(17)12-7-4-8-14(16-12)18-11-5-2-1-3-6-11/h4,7-8,11,13,17H,1-3,5-6,9-10,15H2. The van der Waals surface area contributed by atoms with E-state index in [4.69, 9.17) is 10.5 Å². The number of aromatic nitrogens is 1. The van der Waals surface area contributed by atoms with Crippen molar-refractivity contribution in [1.29, 1.82) is 0 Å². The Bertz CT molecular complexity index is 365. The molecule has 4 nitrogen and oxygen atoms in total. The molecule has 0 spiro atoms. The van der Waals surface area contributed by atoms with Gasteiger partial charge < -0.3 is 15.6 Å². The lowest BCUT2D eigenvalue weighted by atomic mass is 9.98. The fourth-order valence-electron chi connectivity index (χ4n) is 2.34. The Morgan fingerprint density at radius 1 is 1.33 bits per heavy atom. The second-order valence-corrected chi connectivity index (χ2v) is 4.87. The molecule has 0 aromatic carbocycles. The van der Waals surface area contributed by atoms with Gasteiger partial charge in [0.1, 0.15) is 6.10 Å². The van der Waals surface area contributed by atoms with Crippen LogP contribution < -0.4 is 10.5 Å². The summed E-state index contributed by atoms with van der Waals surface area (Å²) in [7, 11) is 0. The van der Waals surface area contributed by atoms with Gasteiger partial charge in [0.2, 0.25) is 5.88 Å². The molecule has 1 fully saturated rings. The first-order valence-electron chi connectivity index (χ1n) is 6.81. The molecule has 4 heteroatoms. The van der Waals surface area contributed by atoms with Crippen LogP contribution in [0.15, 0.2) is 18.2 Å². The number of aliphatic hydroxyl groups is 1. The third-order valence-electron chi connectivity index (χ3n) is 3.37. The van der Waals surface area contributed by atoms with E-state index in [9.17, 15) is 5.11 Å². The summed E-state index contributed by atoms with van der Waals surface area (Å²) in [4.78, 5) is 4.36. The van der Waals surface area contributed by atoms with Gasteiger partial charge in [0.15, 0.2) is 0 Å². The number of hydrogen-bond acceptors (Lipinski definition) is 4. The first-order valence-corrected chi connectivity index (χ1v) is 6.81. The van der Waals surface area contributed by atoms with Crippen LogP contribution in [0.3, 0.4) is 0 Å². The third-order valence-corrected chi connectivity index (χ3v) is 3.37. The lowest BCUT2D eigenvalue weighted by molar-refractivity contribution is 0.141. The summed E-state index contributed by atoms with van der Waals surface area (Å²) >= 11 is 0. The Hall–Kier alpha value is -1.13. The topological polar surface area (TPSA) is 68.4 Å². The summed E-state index contributed by atoms with van der Waals surface area (Å²) in [6.07, 6.45) is 6.22. The molecule has 0 amide bonds. The van der Waals surface area contributed by atoms with Crippen LogP contribution in [0, 0.1) is 0 Å². The van der Waals surface area contributed by atoms with Gasteiger partial charge in [-0.15, -0.1) is 0 Å². The van der Waals surface area contributed by atoms with Crippen LogP contribution in [0.2, 0.25) is 0 Å². The highest BCUT2D eigenvalue weighted by molar-refractivity contribution is 5.17. The van der Waals surface area contributed by atoms with Gasteiger partial charge in [0.05, 0.1) is 11.8 Å². The SMILES string of the molecule is NCCC(O)c1cccc(OC2CCCCC2)n1. The van der Waals surface area contributed by atoms with Crippen LogP contribution >= 0.6 is 0 Å². The molecule has 100 valence electrons. The average Bonchev–Trinajstić information content (AvgIpc) is 2.40. The Kier molecular flexibility index (Phi) is 4.96. The van der Waals surface area contributed by atoms with E-state index in [0.29, 0.717) is 24.5 Å². The molecule has 0 radical (unpaired) electrons. The van der Waals surface area contributed by atoms with E-state index in [1.165, 1.54) is 19.3 Å². The quantitative estimate of drug-likeness (QED) is 0.840. The van der Waals surface area contributed by atoms with E-state index >= 15 is 0 Å². The first kappa shape index (κ1) is 13.3. The van der Waals surface area contributed by atoms with Crippen molar-refractivity contribution in [2.75, 3.05) is 6.54 Å². The molecular weight excluding hydrogens is 228 g/mol. The molecule has 1 unspecified atom stereocenters. The molecular formula is C14H22N2O2. The van der Waals surface area contributed by atoms with E-state index in [-0.39, 0.29) is 6.10 Å². The highest BCUT2D eigenvalue weighted by Crippen LogP contribution is 2.23. The van der Waals surface area contributed by atoms with Crippen LogP contribution in [0.4, 0.5) is 0 Å². The minimum Gasteiger partial charge on any atom is -0.474 e. The zero-order valence-electron chi connectivity index (χ0n) is 10.7. The zero-order chi connectivity index (χ0) is 12.8. The van der Waals surface area contributed by atoms with Crippen molar-refractivity contribution < 1.29 is 9.84 Å². The zero-order valence-corrected chi connectivity index (χ0v) is 10.7. The van der Waals surface area contributed by atoms with E-state index in [1.807, 2.05) is 18.2 Å². The minimum atomic E-state index is -0.593. The molecule has 3 N–H and O–H groups in total. The largest absolute Gasteiger partial charge is 0.474 e. The molecule has 0 bridgehead atoms. The number of pyridine rings is 1. The van der Waals surface area contributed by atoms with Crippen molar-refractivity contribution in [3.05, 3.63) is 23.9 Å². The van der Waals surface area contributed by atoms with Crippen LogP contribution in [0.5, 0.6) is 5.88 Å². The molecule has 0 saturated heterocycles. The number of nitrogens with zero attached hydrogens (tertiary/aromatic N) is 1. The van der Waals surface area contributed by atoms with Crippen molar-refractivity contribution in [3.63, 3.8) is 0 Å². The summed E-state index contributed by atoms with van der Waals surface area (Å²) < 4.78 is 5.87. The summed E-state index contributed by atoms with van der Waals surface area (Å²) in [6, 6.07) is 5.54. The van der Waals surface area contributed by atoms with Crippen molar-refractivity contribution in [1.82, 2.24) is 4.98 Å². The monoisotopic (exact) mass is 250 g/mol. The Morgan fingerprint density at radius 3 is 2.83 bits per heavy atom. The maximum Gasteiger partial charge on any atom is 0.213 e. The molecule has 1 atom stereocenters. The highest BCUT2D eigenvalue weighted by Gasteiger charge is 2.16. The molecule has 1 saturated carbocycles. The van der Waals surface area contributed by atoms with Gasteiger partial charge in [-0.05, 0) is 44.7 Å². The molecule has 1 aromatic rings. The van der Waals surface area contributed by atoms with Crippen LogP contribution in [-0.4, -0.2) is 22.7 Å². The minimum absolute atomic E-state index is 0.285. The maximum atomic E-state index is 9.85. The van der Waals surface area contributed by atoms with Gasteiger partial charge in [-0.25, -0.2) is 4.98 Å². The van der Waals surface area contributed by atoms with E-state index in [0.717, 1.165) is 12.8 Å². The predicted molar refractivity (Wildman–Crippen MR) is 70.4 cm³/mol. The number of hydrogen-bond donors (Lipinski definition) is 2. The van der Waals surface area contributed by atoms with Crippen molar-refractivity contribution in [3.8, 4) is 5.88 Å². The predicted octanol–water partition coefficient (Wildman–Crippen LogP) is 2.18. The Labute approximate surface area is 108 Å². The number of ether oxygens (including phenoxy) is 1. The van der Waals surface area contributed by atoms with Gasteiger partial charge in [0.25, 0.3) is 0 Å². The lowest BCUT2D eigenvalue weighted by Crippen LogP contribution is -2.20. The van der Waals surface area contributed by atoms with E-state index in [1.54, 1.807) is 0 Å². The summed E-state index contributed by atoms with van der Waals surface area (Å²) in [6.45, 7) is 0.455.